The van der Waals surface area contributed by atoms with Gasteiger partial charge in [-0.1, -0.05) is 44.2 Å². The molecule has 0 radical (unpaired) electrons. The number of aliphatic carboxylic acids is 2. The summed E-state index contributed by atoms with van der Waals surface area (Å²) in [4.78, 5) is 46.2. The van der Waals surface area contributed by atoms with Gasteiger partial charge in [0.1, 0.15) is 24.3 Å². The molecule has 0 saturated heterocycles. The van der Waals surface area contributed by atoms with Gasteiger partial charge in [-0.2, -0.15) is 0 Å². The minimum atomic E-state index is -1.56. The van der Waals surface area contributed by atoms with Crippen LogP contribution in [0.15, 0.2) is 30.3 Å². The van der Waals surface area contributed by atoms with Gasteiger partial charge in [0, 0.05) is 6.42 Å². The zero-order valence-electron chi connectivity index (χ0n) is 14.0. The number of hydrogen-bond donors (Lipinski definition) is 3. The second-order valence-electron chi connectivity index (χ2n) is 5.83. The Hall–Kier alpha value is -2.90. The van der Waals surface area contributed by atoms with Gasteiger partial charge in [-0.3, -0.25) is 9.59 Å². The molecular formula is C17H21NO7. The molecule has 0 aliphatic heterocycles. The van der Waals surface area contributed by atoms with E-state index in [1.165, 1.54) is 0 Å². The van der Waals surface area contributed by atoms with Crippen molar-refractivity contribution in [1.82, 2.24) is 5.32 Å². The number of ether oxygens (including phenoxy) is 1. The summed E-state index contributed by atoms with van der Waals surface area (Å²) in [6, 6.07) is 7.21. The smallest absolute Gasteiger partial charge is 0.408 e. The van der Waals surface area contributed by atoms with E-state index in [9.17, 15) is 19.2 Å². The van der Waals surface area contributed by atoms with Gasteiger partial charge in [0.25, 0.3) is 0 Å². The molecule has 0 saturated carbocycles. The predicted octanol–water partition coefficient (Wildman–Crippen LogP) is 1.68. The number of amides is 1. The standard InChI is InChI=1S/C17H21NO7/c1-10(2)14(16(22)23)13(19)8-12(15(20)21)18-17(24)25-9-11-6-4-3-5-7-11/h3-7,10,12,14H,8-9H2,1-2H3,(H,18,24)(H,20,21)(H,22,23). The first kappa shape index (κ1) is 20.1. The molecule has 1 aromatic rings. The maximum Gasteiger partial charge on any atom is 0.408 e. The molecule has 3 N–H and O–H groups in total. The van der Waals surface area contributed by atoms with Gasteiger partial charge in [-0.05, 0) is 11.5 Å². The molecule has 25 heavy (non-hydrogen) atoms. The van der Waals surface area contributed by atoms with Gasteiger partial charge < -0.3 is 20.3 Å². The molecular weight excluding hydrogens is 330 g/mol. The van der Waals surface area contributed by atoms with Crippen LogP contribution in [0.3, 0.4) is 0 Å². The first-order valence-electron chi connectivity index (χ1n) is 7.68. The number of carboxylic acids is 2. The van der Waals surface area contributed by atoms with Crippen molar-refractivity contribution >= 4 is 23.8 Å². The van der Waals surface area contributed by atoms with Crippen LogP contribution in [0.2, 0.25) is 0 Å². The Morgan fingerprint density at radius 1 is 1.04 bits per heavy atom. The summed E-state index contributed by atoms with van der Waals surface area (Å²) >= 11 is 0. The van der Waals surface area contributed by atoms with Crippen molar-refractivity contribution in [2.45, 2.75) is 32.9 Å². The van der Waals surface area contributed by atoms with E-state index in [0.29, 0.717) is 5.56 Å². The number of ketones is 1. The molecule has 1 amide bonds. The van der Waals surface area contributed by atoms with Gasteiger partial charge in [-0.15, -0.1) is 0 Å². The topological polar surface area (TPSA) is 130 Å². The summed E-state index contributed by atoms with van der Waals surface area (Å²) in [6.07, 6.45) is -1.63. The normalized spacial score (nSPS) is 12.9. The molecule has 0 aromatic heterocycles. The monoisotopic (exact) mass is 351 g/mol. The molecule has 0 heterocycles. The van der Waals surface area contributed by atoms with Crippen molar-refractivity contribution in [2.24, 2.45) is 11.8 Å². The third-order valence-electron chi connectivity index (χ3n) is 3.49. The number of carbonyl (C=O) groups is 4. The van der Waals surface area contributed by atoms with Crippen LogP contribution in [0, 0.1) is 11.8 Å². The highest BCUT2D eigenvalue weighted by molar-refractivity contribution is 6.00. The fraction of sp³-hybridized carbons (Fsp3) is 0.412. The largest absolute Gasteiger partial charge is 0.481 e. The molecule has 0 aliphatic rings. The van der Waals surface area contributed by atoms with Crippen molar-refractivity contribution in [1.29, 1.82) is 0 Å². The molecule has 0 spiro atoms. The zero-order chi connectivity index (χ0) is 19.0. The lowest BCUT2D eigenvalue weighted by molar-refractivity contribution is -0.150. The molecule has 8 nitrogen and oxygen atoms in total. The maximum absolute atomic E-state index is 12.1. The number of alkyl carbamates (subject to hydrolysis) is 1. The van der Waals surface area contributed by atoms with E-state index in [2.05, 4.69) is 5.32 Å². The highest BCUT2D eigenvalue weighted by atomic mass is 16.5. The third kappa shape index (κ3) is 6.62. The summed E-state index contributed by atoms with van der Waals surface area (Å²) in [6.45, 7) is 3.04. The minimum Gasteiger partial charge on any atom is -0.481 e. The van der Waals surface area contributed by atoms with Crippen molar-refractivity contribution < 1.29 is 34.1 Å². The lowest BCUT2D eigenvalue weighted by atomic mass is 9.88. The predicted molar refractivity (Wildman–Crippen MR) is 86.8 cm³/mol. The lowest BCUT2D eigenvalue weighted by Gasteiger charge is -2.18. The third-order valence-corrected chi connectivity index (χ3v) is 3.49. The molecule has 136 valence electrons. The molecule has 2 atom stereocenters. The number of carbonyl (C=O) groups excluding carboxylic acids is 2. The van der Waals surface area contributed by atoms with Crippen LogP contribution in [0.5, 0.6) is 0 Å². The Bertz CT molecular complexity index is 627. The van der Waals surface area contributed by atoms with E-state index in [4.69, 9.17) is 14.9 Å². The van der Waals surface area contributed by atoms with Crippen LogP contribution in [0.25, 0.3) is 0 Å². The SMILES string of the molecule is CC(C)C(C(=O)O)C(=O)CC(NC(=O)OCc1ccccc1)C(=O)O. The van der Waals surface area contributed by atoms with Crippen LogP contribution >= 0.6 is 0 Å². The lowest BCUT2D eigenvalue weighted by Crippen LogP contribution is -2.44. The number of Topliss-reactive ketones (excluding diaryl/α,β-unsaturated/α-hetero) is 1. The first-order valence-corrected chi connectivity index (χ1v) is 7.68. The number of nitrogens with one attached hydrogen (secondary N) is 1. The van der Waals surface area contributed by atoms with Gasteiger partial charge in [0.2, 0.25) is 0 Å². The fourth-order valence-corrected chi connectivity index (χ4v) is 2.23. The van der Waals surface area contributed by atoms with E-state index in [0.717, 1.165) is 0 Å². The summed E-state index contributed by atoms with van der Waals surface area (Å²) in [7, 11) is 0. The van der Waals surface area contributed by atoms with Crippen molar-refractivity contribution in [3.05, 3.63) is 35.9 Å². The summed E-state index contributed by atoms with van der Waals surface area (Å²) in [5, 5.41) is 20.3. The van der Waals surface area contributed by atoms with Gasteiger partial charge in [-0.25, -0.2) is 9.59 Å². The Kier molecular flexibility index (Phi) is 7.58. The van der Waals surface area contributed by atoms with E-state index >= 15 is 0 Å². The number of carboxylic acid groups (broad SMARTS) is 2. The van der Waals surface area contributed by atoms with Crippen LogP contribution < -0.4 is 5.32 Å². The summed E-state index contributed by atoms with van der Waals surface area (Å²) in [5.41, 5.74) is 0.714. The highest BCUT2D eigenvalue weighted by Gasteiger charge is 2.33. The molecule has 0 aliphatic carbocycles. The summed E-state index contributed by atoms with van der Waals surface area (Å²) < 4.78 is 4.90. The Morgan fingerprint density at radius 2 is 1.64 bits per heavy atom. The number of benzene rings is 1. The van der Waals surface area contributed by atoms with Crippen LogP contribution in [-0.4, -0.2) is 40.1 Å². The molecule has 0 bridgehead atoms. The Labute approximate surface area is 144 Å². The van der Waals surface area contributed by atoms with E-state index in [1.807, 2.05) is 0 Å². The van der Waals surface area contributed by atoms with Gasteiger partial charge in [0.05, 0.1) is 0 Å². The number of rotatable bonds is 9. The average Bonchev–Trinajstić information content (AvgIpc) is 2.52. The van der Waals surface area contributed by atoms with Crippen LogP contribution in [0.4, 0.5) is 4.79 Å². The quantitative estimate of drug-likeness (QED) is 0.577. The van der Waals surface area contributed by atoms with Crippen LogP contribution in [-0.2, 0) is 25.7 Å². The first-order chi connectivity index (χ1) is 11.7. The van der Waals surface area contributed by atoms with E-state index < -0.39 is 48.1 Å². The fourth-order valence-electron chi connectivity index (χ4n) is 2.23. The van der Waals surface area contributed by atoms with Crippen molar-refractivity contribution in [3.63, 3.8) is 0 Å². The summed E-state index contributed by atoms with van der Waals surface area (Å²) in [5.74, 6) is -5.36. The Balaban J connectivity index is 2.64. The molecule has 0 fully saturated rings. The highest BCUT2D eigenvalue weighted by Crippen LogP contribution is 2.15. The van der Waals surface area contributed by atoms with Crippen LogP contribution in [0.1, 0.15) is 25.8 Å². The van der Waals surface area contributed by atoms with Gasteiger partial charge >= 0.3 is 18.0 Å². The molecule has 2 unspecified atom stereocenters. The molecule has 1 rings (SSSR count). The Morgan fingerprint density at radius 3 is 2.12 bits per heavy atom. The second kappa shape index (κ2) is 9.41. The second-order valence-corrected chi connectivity index (χ2v) is 5.83. The molecule has 8 heteroatoms. The van der Waals surface area contributed by atoms with Crippen molar-refractivity contribution in [3.8, 4) is 0 Å². The average molecular weight is 351 g/mol. The zero-order valence-corrected chi connectivity index (χ0v) is 14.0. The minimum absolute atomic E-state index is 0.0588. The number of hydrogen-bond acceptors (Lipinski definition) is 5. The maximum atomic E-state index is 12.1. The van der Waals surface area contributed by atoms with Crippen molar-refractivity contribution in [2.75, 3.05) is 0 Å². The van der Waals surface area contributed by atoms with Gasteiger partial charge in [0.15, 0.2) is 0 Å². The van der Waals surface area contributed by atoms with E-state index in [1.54, 1.807) is 44.2 Å². The molecule has 1 aromatic carbocycles. The van der Waals surface area contributed by atoms with E-state index in [-0.39, 0.29) is 6.61 Å².